The van der Waals surface area contributed by atoms with Crippen LogP contribution in [0.1, 0.15) is 19.4 Å². The second kappa shape index (κ2) is 5.91. The van der Waals surface area contributed by atoms with Crippen LogP contribution in [-0.4, -0.2) is 19.5 Å². The summed E-state index contributed by atoms with van der Waals surface area (Å²) in [5.74, 6) is -0.209. The summed E-state index contributed by atoms with van der Waals surface area (Å²) in [7, 11) is 1.85. The minimum absolute atomic E-state index is 0.209. The van der Waals surface area contributed by atoms with E-state index in [0.717, 1.165) is 11.1 Å². The van der Waals surface area contributed by atoms with Crippen LogP contribution in [-0.2, 0) is 0 Å². The van der Waals surface area contributed by atoms with Crippen LogP contribution in [0.15, 0.2) is 29.8 Å². The zero-order valence-corrected chi connectivity index (χ0v) is 10.5. The lowest BCUT2D eigenvalue weighted by atomic mass is 10.1. The molecule has 0 fully saturated rings. The molecule has 1 atom stereocenters. The van der Waals surface area contributed by atoms with Gasteiger partial charge in [-0.1, -0.05) is 23.8 Å². The van der Waals surface area contributed by atoms with E-state index in [4.69, 9.17) is 0 Å². The second-order valence-corrected chi connectivity index (χ2v) is 4.02. The van der Waals surface area contributed by atoms with Gasteiger partial charge in [-0.3, -0.25) is 0 Å². The monoisotopic (exact) mass is 259 g/mol. The number of hydrogen-bond acceptors (Lipinski definition) is 2. The maximum atomic E-state index is 12.0. The predicted octanol–water partition coefficient (Wildman–Crippen LogP) is 3.60. The van der Waals surface area contributed by atoms with E-state index < -0.39 is 6.36 Å². The van der Waals surface area contributed by atoms with Gasteiger partial charge in [0.2, 0.25) is 0 Å². The molecule has 1 aromatic rings. The lowest BCUT2D eigenvalue weighted by molar-refractivity contribution is -0.274. The SMILES string of the molecule is CNC(C)/C(C)=C/c1ccc(OC(F)(F)F)cc1. The van der Waals surface area contributed by atoms with E-state index in [1.165, 1.54) is 12.1 Å². The molecule has 1 aromatic carbocycles. The van der Waals surface area contributed by atoms with Crippen LogP contribution in [0.3, 0.4) is 0 Å². The fraction of sp³-hybridized carbons (Fsp3) is 0.385. The number of halogens is 3. The third kappa shape index (κ3) is 4.79. The Balaban J connectivity index is 2.77. The van der Waals surface area contributed by atoms with Crippen molar-refractivity contribution in [2.45, 2.75) is 26.3 Å². The summed E-state index contributed by atoms with van der Waals surface area (Å²) in [5, 5.41) is 3.09. The molecule has 0 aliphatic heterocycles. The van der Waals surface area contributed by atoms with E-state index in [9.17, 15) is 13.2 Å². The summed E-state index contributed by atoms with van der Waals surface area (Å²) < 4.78 is 39.7. The van der Waals surface area contributed by atoms with Crippen LogP contribution in [0.25, 0.3) is 6.08 Å². The van der Waals surface area contributed by atoms with E-state index in [-0.39, 0.29) is 11.8 Å². The highest BCUT2D eigenvalue weighted by Gasteiger charge is 2.30. The van der Waals surface area contributed by atoms with Crippen LogP contribution >= 0.6 is 0 Å². The second-order valence-electron chi connectivity index (χ2n) is 4.02. The summed E-state index contributed by atoms with van der Waals surface area (Å²) in [5.41, 5.74) is 1.94. The molecule has 0 saturated heterocycles. The molecule has 18 heavy (non-hydrogen) atoms. The molecule has 0 aliphatic carbocycles. The van der Waals surface area contributed by atoms with Gasteiger partial charge in [0.1, 0.15) is 5.75 Å². The Morgan fingerprint density at radius 1 is 1.28 bits per heavy atom. The smallest absolute Gasteiger partial charge is 0.406 e. The molecule has 0 amide bonds. The molecule has 0 radical (unpaired) electrons. The Morgan fingerprint density at radius 3 is 2.28 bits per heavy atom. The van der Waals surface area contributed by atoms with Crippen molar-refractivity contribution in [3.8, 4) is 5.75 Å². The molecular weight excluding hydrogens is 243 g/mol. The van der Waals surface area contributed by atoms with Crippen molar-refractivity contribution in [1.29, 1.82) is 0 Å². The minimum Gasteiger partial charge on any atom is -0.406 e. The van der Waals surface area contributed by atoms with Crippen molar-refractivity contribution in [3.63, 3.8) is 0 Å². The fourth-order valence-corrected chi connectivity index (χ4v) is 1.38. The molecule has 0 heterocycles. The average Bonchev–Trinajstić information content (AvgIpc) is 2.28. The quantitative estimate of drug-likeness (QED) is 0.892. The van der Waals surface area contributed by atoms with Crippen molar-refractivity contribution in [3.05, 3.63) is 35.4 Å². The summed E-state index contributed by atoms with van der Waals surface area (Å²) in [6.45, 7) is 3.97. The third-order valence-corrected chi connectivity index (χ3v) is 2.62. The van der Waals surface area contributed by atoms with E-state index in [0.29, 0.717) is 0 Å². The highest BCUT2D eigenvalue weighted by molar-refractivity contribution is 5.54. The lowest BCUT2D eigenvalue weighted by Crippen LogP contribution is -2.21. The zero-order chi connectivity index (χ0) is 13.8. The average molecular weight is 259 g/mol. The van der Waals surface area contributed by atoms with Crippen molar-refractivity contribution >= 4 is 6.08 Å². The van der Waals surface area contributed by atoms with Gasteiger partial charge in [-0.15, -0.1) is 13.2 Å². The first-order valence-corrected chi connectivity index (χ1v) is 5.53. The number of alkyl halides is 3. The number of benzene rings is 1. The van der Waals surface area contributed by atoms with Crippen molar-refractivity contribution < 1.29 is 17.9 Å². The lowest BCUT2D eigenvalue weighted by Gasteiger charge is -2.11. The van der Waals surface area contributed by atoms with Crippen molar-refractivity contribution in [2.75, 3.05) is 7.05 Å². The number of likely N-dealkylation sites (N-methyl/N-ethyl adjacent to an activating group) is 1. The van der Waals surface area contributed by atoms with Crippen molar-refractivity contribution in [1.82, 2.24) is 5.32 Å². The fourth-order valence-electron chi connectivity index (χ4n) is 1.38. The molecule has 5 heteroatoms. The number of rotatable bonds is 4. The Morgan fingerprint density at radius 2 is 1.83 bits per heavy atom. The molecule has 0 spiro atoms. The summed E-state index contributed by atoms with van der Waals surface area (Å²) in [6, 6.07) is 6.00. The Kier molecular flexibility index (Phi) is 4.78. The van der Waals surface area contributed by atoms with Crippen LogP contribution in [0.2, 0.25) is 0 Å². The van der Waals surface area contributed by atoms with Crippen LogP contribution < -0.4 is 10.1 Å². The van der Waals surface area contributed by atoms with E-state index in [2.05, 4.69) is 10.1 Å². The van der Waals surface area contributed by atoms with Gasteiger partial charge >= 0.3 is 6.36 Å². The van der Waals surface area contributed by atoms with Crippen molar-refractivity contribution in [2.24, 2.45) is 0 Å². The summed E-state index contributed by atoms with van der Waals surface area (Å²) in [4.78, 5) is 0. The molecule has 0 bridgehead atoms. The molecular formula is C13H16F3NO. The highest BCUT2D eigenvalue weighted by Crippen LogP contribution is 2.23. The molecule has 1 N–H and O–H groups in total. The normalized spacial score (nSPS) is 14.4. The Labute approximate surface area is 104 Å². The first kappa shape index (κ1) is 14.6. The first-order valence-electron chi connectivity index (χ1n) is 5.53. The van der Waals surface area contributed by atoms with Gasteiger partial charge < -0.3 is 10.1 Å². The standard InChI is InChI=1S/C13H16F3NO/c1-9(10(2)17-3)8-11-4-6-12(7-5-11)18-13(14,15)16/h4-8,10,17H,1-3H3/b9-8+. The van der Waals surface area contributed by atoms with E-state index in [1.807, 2.05) is 27.0 Å². The first-order chi connectivity index (χ1) is 8.31. The van der Waals surface area contributed by atoms with Gasteiger partial charge in [0.05, 0.1) is 0 Å². The zero-order valence-electron chi connectivity index (χ0n) is 10.5. The Hall–Kier alpha value is -1.49. The predicted molar refractivity (Wildman–Crippen MR) is 65.3 cm³/mol. The van der Waals surface area contributed by atoms with E-state index in [1.54, 1.807) is 12.1 Å². The number of nitrogens with one attached hydrogen (secondary N) is 1. The van der Waals surface area contributed by atoms with Gasteiger partial charge in [-0.2, -0.15) is 0 Å². The molecule has 100 valence electrons. The maximum absolute atomic E-state index is 12.0. The molecule has 1 unspecified atom stereocenters. The number of hydrogen-bond donors (Lipinski definition) is 1. The Bertz CT molecular complexity index is 409. The molecule has 1 rings (SSSR count). The number of ether oxygens (including phenoxy) is 1. The minimum atomic E-state index is -4.64. The maximum Gasteiger partial charge on any atom is 0.573 e. The van der Waals surface area contributed by atoms with Crippen LogP contribution in [0, 0.1) is 0 Å². The summed E-state index contributed by atoms with van der Waals surface area (Å²) >= 11 is 0. The van der Waals surface area contributed by atoms with Gasteiger partial charge in [0, 0.05) is 6.04 Å². The molecule has 0 aromatic heterocycles. The molecule has 0 saturated carbocycles. The molecule has 0 aliphatic rings. The van der Waals surface area contributed by atoms with Gasteiger partial charge in [0.15, 0.2) is 0 Å². The highest BCUT2D eigenvalue weighted by atomic mass is 19.4. The van der Waals surface area contributed by atoms with Gasteiger partial charge in [-0.05, 0) is 38.6 Å². The third-order valence-electron chi connectivity index (χ3n) is 2.62. The summed E-state index contributed by atoms with van der Waals surface area (Å²) in [6.07, 6.45) is -2.73. The largest absolute Gasteiger partial charge is 0.573 e. The van der Waals surface area contributed by atoms with Crippen LogP contribution in [0.5, 0.6) is 5.75 Å². The molecule has 2 nitrogen and oxygen atoms in total. The van der Waals surface area contributed by atoms with Gasteiger partial charge in [0.25, 0.3) is 0 Å². The van der Waals surface area contributed by atoms with Crippen LogP contribution in [0.4, 0.5) is 13.2 Å². The van der Waals surface area contributed by atoms with E-state index >= 15 is 0 Å². The topological polar surface area (TPSA) is 21.3 Å². The van der Waals surface area contributed by atoms with Gasteiger partial charge in [-0.25, -0.2) is 0 Å².